The Morgan fingerprint density at radius 3 is 2.71 bits per heavy atom. The first-order valence-corrected chi connectivity index (χ1v) is 2.32. The van der Waals surface area contributed by atoms with E-state index in [-0.39, 0.29) is 0 Å². The highest BCUT2D eigenvalue weighted by molar-refractivity contribution is 6.25. The van der Waals surface area contributed by atoms with Crippen molar-refractivity contribution in [1.82, 2.24) is 0 Å². The molecule has 0 aliphatic carbocycles. The molecule has 2 N–H and O–H groups in total. The molecule has 0 rings (SSSR count). The zero-order valence-electron chi connectivity index (χ0n) is 4.15. The van der Waals surface area contributed by atoms with E-state index >= 15 is 0 Å². The van der Waals surface area contributed by atoms with E-state index in [0.29, 0.717) is 6.61 Å². The molecule has 0 aromatic rings. The van der Waals surface area contributed by atoms with E-state index in [0.717, 1.165) is 5.57 Å². The molecule has 3 heteroatoms. The van der Waals surface area contributed by atoms with Gasteiger partial charge in [0.05, 0.1) is 6.61 Å². The van der Waals surface area contributed by atoms with Crippen molar-refractivity contribution in [3.63, 3.8) is 0 Å². The molecular formula is C4H8ClNO. The number of hydrogen-bond acceptors (Lipinski definition) is 2. The van der Waals surface area contributed by atoms with Crippen LogP contribution in [0.3, 0.4) is 0 Å². The average molecular weight is 122 g/mol. The molecule has 0 saturated heterocycles. The van der Waals surface area contributed by atoms with Gasteiger partial charge in [-0.05, 0) is 12.5 Å². The van der Waals surface area contributed by atoms with Crippen LogP contribution in [0.1, 0.15) is 6.92 Å². The Morgan fingerprint density at radius 2 is 2.57 bits per heavy atom. The van der Waals surface area contributed by atoms with Crippen LogP contribution in [-0.4, -0.2) is 6.61 Å². The minimum Gasteiger partial charge on any atom is -0.300 e. The van der Waals surface area contributed by atoms with E-state index in [9.17, 15) is 0 Å². The normalized spacial score (nSPS) is 12.1. The standard InChI is InChI=1S/C4H8ClNO/c1-4(2-5)3-7-6/h2H,3,6H2,1H3/b4-2+. The van der Waals surface area contributed by atoms with Crippen LogP contribution < -0.4 is 5.90 Å². The van der Waals surface area contributed by atoms with Gasteiger partial charge in [-0.3, -0.25) is 0 Å². The fourth-order valence-electron chi connectivity index (χ4n) is 0.163. The smallest absolute Gasteiger partial charge is 0.0898 e. The van der Waals surface area contributed by atoms with E-state index < -0.39 is 0 Å². The molecule has 0 aliphatic rings. The topological polar surface area (TPSA) is 35.2 Å². The monoisotopic (exact) mass is 121 g/mol. The van der Waals surface area contributed by atoms with Gasteiger partial charge in [-0.15, -0.1) is 0 Å². The minimum atomic E-state index is 0.406. The molecule has 42 valence electrons. The molecule has 0 spiro atoms. The van der Waals surface area contributed by atoms with Crippen LogP contribution >= 0.6 is 11.6 Å². The van der Waals surface area contributed by atoms with Crippen molar-refractivity contribution in [2.24, 2.45) is 5.90 Å². The third-order valence-corrected chi connectivity index (χ3v) is 0.870. The van der Waals surface area contributed by atoms with E-state index in [2.05, 4.69) is 4.84 Å². The molecule has 0 aliphatic heterocycles. The minimum absolute atomic E-state index is 0.406. The summed E-state index contributed by atoms with van der Waals surface area (Å²) in [5.41, 5.74) is 2.36. The Hall–Kier alpha value is -0.0500. The second-order valence-electron chi connectivity index (χ2n) is 1.27. The Bertz CT molecular complexity index is 72.1. The van der Waals surface area contributed by atoms with Crippen LogP contribution in [0.15, 0.2) is 11.1 Å². The van der Waals surface area contributed by atoms with Gasteiger partial charge in [0, 0.05) is 5.54 Å². The lowest BCUT2D eigenvalue weighted by atomic mass is 10.4. The van der Waals surface area contributed by atoms with Gasteiger partial charge >= 0.3 is 0 Å². The Kier molecular flexibility index (Phi) is 4.09. The maximum absolute atomic E-state index is 5.23. The van der Waals surface area contributed by atoms with Gasteiger partial charge in [-0.25, -0.2) is 5.90 Å². The average Bonchev–Trinajstić information content (AvgIpc) is 1.68. The van der Waals surface area contributed by atoms with Crippen molar-refractivity contribution in [3.8, 4) is 0 Å². The summed E-state index contributed by atoms with van der Waals surface area (Å²) in [7, 11) is 0. The van der Waals surface area contributed by atoms with Gasteiger partial charge in [0.25, 0.3) is 0 Å². The molecule has 0 heterocycles. The maximum Gasteiger partial charge on any atom is 0.0898 e. The van der Waals surface area contributed by atoms with Gasteiger partial charge in [-0.1, -0.05) is 11.6 Å². The predicted octanol–water partition coefficient (Wildman–Crippen LogP) is 1.02. The fraction of sp³-hybridized carbons (Fsp3) is 0.500. The second-order valence-corrected chi connectivity index (χ2v) is 1.48. The van der Waals surface area contributed by atoms with Crippen molar-refractivity contribution in [3.05, 3.63) is 11.1 Å². The molecule has 0 radical (unpaired) electrons. The number of halogens is 1. The van der Waals surface area contributed by atoms with Crippen LogP contribution in [0, 0.1) is 0 Å². The molecule has 0 atom stereocenters. The summed E-state index contributed by atoms with van der Waals surface area (Å²) in [6.45, 7) is 2.24. The summed E-state index contributed by atoms with van der Waals surface area (Å²) in [4.78, 5) is 4.24. The van der Waals surface area contributed by atoms with Crippen LogP contribution in [0.4, 0.5) is 0 Å². The Morgan fingerprint density at radius 1 is 2.00 bits per heavy atom. The van der Waals surface area contributed by atoms with E-state index in [1.54, 1.807) is 0 Å². The van der Waals surface area contributed by atoms with Crippen molar-refractivity contribution >= 4 is 11.6 Å². The molecule has 0 saturated carbocycles. The summed E-state index contributed by atoms with van der Waals surface area (Å²) in [6.07, 6.45) is 0. The maximum atomic E-state index is 5.23. The zero-order chi connectivity index (χ0) is 5.70. The van der Waals surface area contributed by atoms with E-state index in [1.165, 1.54) is 5.54 Å². The summed E-state index contributed by atoms with van der Waals surface area (Å²) in [5.74, 6) is 4.71. The summed E-state index contributed by atoms with van der Waals surface area (Å²) < 4.78 is 0. The van der Waals surface area contributed by atoms with Crippen molar-refractivity contribution in [2.45, 2.75) is 6.92 Å². The summed E-state index contributed by atoms with van der Waals surface area (Å²) >= 11 is 5.23. The third kappa shape index (κ3) is 3.79. The van der Waals surface area contributed by atoms with Gasteiger partial charge in [-0.2, -0.15) is 0 Å². The van der Waals surface area contributed by atoms with Gasteiger partial charge in [0.1, 0.15) is 0 Å². The molecular weight excluding hydrogens is 114 g/mol. The van der Waals surface area contributed by atoms with Crippen LogP contribution in [0.5, 0.6) is 0 Å². The quantitative estimate of drug-likeness (QED) is 0.554. The lowest BCUT2D eigenvalue weighted by molar-refractivity contribution is 0.161. The molecule has 0 amide bonds. The molecule has 2 nitrogen and oxygen atoms in total. The first-order valence-electron chi connectivity index (χ1n) is 1.88. The van der Waals surface area contributed by atoms with E-state index in [4.69, 9.17) is 17.5 Å². The van der Waals surface area contributed by atoms with Crippen molar-refractivity contribution in [2.75, 3.05) is 6.61 Å². The van der Waals surface area contributed by atoms with Crippen molar-refractivity contribution < 1.29 is 4.84 Å². The highest BCUT2D eigenvalue weighted by Gasteiger charge is 1.81. The number of hydrogen-bond donors (Lipinski definition) is 1. The lowest BCUT2D eigenvalue weighted by Gasteiger charge is -1.91. The first-order chi connectivity index (χ1) is 3.31. The van der Waals surface area contributed by atoms with Gasteiger partial charge in [0.15, 0.2) is 0 Å². The Balaban J connectivity index is 3.17. The molecule has 0 fully saturated rings. The molecule has 0 unspecified atom stereocenters. The Labute approximate surface area is 47.9 Å². The molecule has 0 bridgehead atoms. The summed E-state index contributed by atoms with van der Waals surface area (Å²) in [6, 6.07) is 0. The lowest BCUT2D eigenvalue weighted by Crippen LogP contribution is -2.00. The van der Waals surface area contributed by atoms with Crippen LogP contribution in [0.25, 0.3) is 0 Å². The van der Waals surface area contributed by atoms with Crippen LogP contribution in [0.2, 0.25) is 0 Å². The molecule has 0 aromatic carbocycles. The first kappa shape index (κ1) is 6.95. The predicted molar refractivity (Wildman–Crippen MR) is 29.7 cm³/mol. The second kappa shape index (κ2) is 4.12. The largest absolute Gasteiger partial charge is 0.300 e. The number of nitrogens with two attached hydrogens (primary N) is 1. The molecule has 7 heavy (non-hydrogen) atoms. The summed E-state index contributed by atoms with van der Waals surface area (Å²) in [5, 5.41) is 0. The van der Waals surface area contributed by atoms with Crippen molar-refractivity contribution in [1.29, 1.82) is 0 Å². The highest BCUT2D eigenvalue weighted by atomic mass is 35.5. The SMILES string of the molecule is C/C(=C\Cl)CON. The van der Waals surface area contributed by atoms with Crippen LogP contribution in [-0.2, 0) is 4.84 Å². The zero-order valence-corrected chi connectivity index (χ0v) is 4.90. The highest BCUT2D eigenvalue weighted by Crippen LogP contribution is 1.92. The van der Waals surface area contributed by atoms with Gasteiger partial charge in [0.2, 0.25) is 0 Å². The van der Waals surface area contributed by atoms with E-state index in [1.807, 2.05) is 6.92 Å². The third-order valence-electron chi connectivity index (χ3n) is 0.497. The number of rotatable bonds is 2. The molecule has 0 aromatic heterocycles. The fourth-order valence-corrected chi connectivity index (χ4v) is 0.226. The van der Waals surface area contributed by atoms with Gasteiger partial charge < -0.3 is 4.84 Å².